The molecule has 10 heteroatoms. The van der Waals surface area contributed by atoms with Gasteiger partial charge < -0.3 is 15.2 Å². The number of aromatic nitrogens is 1. The third kappa shape index (κ3) is 4.79. The van der Waals surface area contributed by atoms with Crippen molar-refractivity contribution >= 4 is 46.5 Å². The minimum atomic E-state index is -1.23. The van der Waals surface area contributed by atoms with Gasteiger partial charge in [0.15, 0.2) is 17.1 Å². The van der Waals surface area contributed by atoms with Gasteiger partial charge in [-0.05, 0) is 90.5 Å². The third-order valence-electron chi connectivity index (χ3n) is 11.0. The molecule has 4 aliphatic rings. The summed E-state index contributed by atoms with van der Waals surface area (Å²) in [7, 11) is 0. The second-order valence-corrected chi connectivity index (χ2v) is 15.1. The SMILES string of the molecule is CC1(C)CCC2(CC1)C[C@@H](C(=O)C[C@]1(C)CC[C@@H](C(=O)O)OC1)[C@H](c1ccnc(Cl)c1F)[C@]21C(=O)Nc2cc(Cl)ccc21. The molecule has 0 unspecified atom stereocenters. The van der Waals surface area contributed by atoms with E-state index in [1.165, 1.54) is 6.20 Å². The number of carbonyl (C=O) groups is 3. The molecule has 5 atom stereocenters. The van der Waals surface area contributed by atoms with E-state index >= 15 is 4.39 Å². The summed E-state index contributed by atoms with van der Waals surface area (Å²) in [5.41, 5.74) is -0.804. The van der Waals surface area contributed by atoms with Gasteiger partial charge in [-0.3, -0.25) is 9.59 Å². The molecule has 1 aromatic heterocycles. The number of carboxylic acids is 1. The zero-order chi connectivity index (χ0) is 30.9. The van der Waals surface area contributed by atoms with Crippen LogP contribution in [-0.4, -0.2) is 40.5 Å². The number of ketones is 1. The third-order valence-corrected chi connectivity index (χ3v) is 11.5. The smallest absolute Gasteiger partial charge is 0.332 e. The first-order valence-corrected chi connectivity index (χ1v) is 15.8. The molecule has 0 bridgehead atoms. The molecule has 2 saturated carbocycles. The fourth-order valence-corrected chi connectivity index (χ4v) is 9.06. The molecule has 230 valence electrons. The summed E-state index contributed by atoms with van der Waals surface area (Å²) in [6, 6.07) is 6.90. The predicted octanol–water partition coefficient (Wildman–Crippen LogP) is 7.34. The summed E-state index contributed by atoms with van der Waals surface area (Å²) in [5.74, 6) is -3.56. The molecule has 2 aromatic rings. The van der Waals surface area contributed by atoms with Crippen LogP contribution in [0.25, 0.3) is 0 Å². The van der Waals surface area contributed by atoms with Crippen LogP contribution in [-0.2, 0) is 24.5 Å². The highest BCUT2D eigenvalue weighted by atomic mass is 35.5. The quantitative estimate of drug-likeness (QED) is 0.335. The number of hydrogen-bond donors (Lipinski definition) is 2. The Hall–Kier alpha value is -2.55. The highest BCUT2D eigenvalue weighted by Crippen LogP contribution is 2.72. The molecule has 2 spiro atoms. The van der Waals surface area contributed by atoms with Crippen LogP contribution >= 0.6 is 23.2 Å². The Kier molecular flexibility index (Phi) is 7.46. The van der Waals surface area contributed by atoms with E-state index in [0.29, 0.717) is 42.8 Å². The summed E-state index contributed by atoms with van der Waals surface area (Å²) in [4.78, 5) is 44.6. The lowest BCUT2D eigenvalue weighted by Gasteiger charge is -2.51. The van der Waals surface area contributed by atoms with Gasteiger partial charge in [0, 0.05) is 35.2 Å². The number of halogens is 3. The monoisotopic (exact) mass is 630 g/mol. The molecule has 43 heavy (non-hydrogen) atoms. The number of benzene rings is 1. The predicted molar refractivity (Wildman–Crippen MR) is 161 cm³/mol. The number of carboxylic acid groups (broad SMARTS) is 1. The molecule has 7 nitrogen and oxygen atoms in total. The number of aliphatic carboxylic acids is 1. The number of rotatable bonds is 5. The van der Waals surface area contributed by atoms with Crippen molar-refractivity contribution in [2.45, 2.75) is 89.6 Å². The fourth-order valence-electron chi connectivity index (χ4n) is 8.72. The number of pyridine rings is 1. The molecule has 3 heterocycles. The van der Waals surface area contributed by atoms with Crippen molar-refractivity contribution < 1.29 is 28.6 Å². The summed E-state index contributed by atoms with van der Waals surface area (Å²) < 4.78 is 21.7. The first kappa shape index (κ1) is 30.5. The molecular formula is C33H37Cl2FN2O5. The van der Waals surface area contributed by atoms with Crippen LogP contribution in [0.4, 0.5) is 10.1 Å². The number of nitrogens with zero attached hydrogens (tertiary/aromatic N) is 1. The number of anilines is 1. The van der Waals surface area contributed by atoms with E-state index in [9.17, 15) is 19.5 Å². The van der Waals surface area contributed by atoms with Crippen LogP contribution in [0, 0.1) is 28.0 Å². The van der Waals surface area contributed by atoms with Gasteiger partial charge >= 0.3 is 5.97 Å². The van der Waals surface area contributed by atoms with Gasteiger partial charge in [0.05, 0.1) is 12.0 Å². The Balaban J connectivity index is 1.51. The van der Waals surface area contributed by atoms with Crippen molar-refractivity contribution in [3.8, 4) is 0 Å². The van der Waals surface area contributed by atoms with Crippen molar-refractivity contribution in [3.63, 3.8) is 0 Å². The summed E-state index contributed by atoms with van der Waals surface area (Å²) in [6.45, 7) is 6.52. The standard InChI is InChI=1S/C33H37Cl2FN2O5/c1-30(2)9-11-32(12-10-30)15-20(23(39)16-31(3)8-6-24(28(40)41)43-17-31)25(19-7-13-37-27(35)26(19)36)33(32)21-5-4-18(34)14-22(21)38-29(33)42/h4-5,7,13-14,20,24-25H,6,8-12,15-17H2,1-3H3,(H,38,42)(H,40,41)/t20-,24-,25-,31-,33+/m0/s1. The van der Waals surface area contributed by atoms with Crippen LogP contribution in [0.5, 0.6) is 0 Å². The minimum Gasteiger partial charge on any atom is -0.479 e. The number of Topliss-reactive ketones (excluding diaryl/α,β-unsaturated/α-hetero) is 1. The lowest BCUT2D eigenvalue weighted by molar-refractivity contribution is -0.159. The summed E-state index contributed by atoms with van der Waals surface area (Å²) >= 11 is 12.6. The van der Waals surface area contributed by atoms with Crippen LogP contribution in [0.2, 0.25) is 10.2 Å². The maximum absolute atomic E-state index is 16.1. The lowest BCUT2D eigenvalue weighted by atomic mass is 9.51. The topological polar surface area (TPSA) is 106 Å². The highest BCUT2D eigenvalue weighted by Gasteiger charge is 2.72. The largest absolute Gasteiger partial charge is 0.479 e. The maximum Gasteiger partial charge on any atom is 0.332 e. The van der Waals surface area contributed by atoms with Crippen LogP contribution in [0.3, 0.4) is 0 Å². The number of amides is 1. The normalized spacial score (nSPS) is 32.5. The number of fused-ring (bicyclic) bond motifs is 3. The lowest BCUT2D eigenvalue weighted by Crippen LogP contribution is -2.52. The Morgan fingerprint density at radius 3 is 2.49 bits per heavy atom. The molecule has 3 fully saturated rings. The van der Waals surface area contributed by atoms with Gasteiger partial charge in [0.2, 0.25) is 5.91 Å². The molecule has 2 aliphatic heterocycles. The molecule has 1 amide bonds. The summed E-state index contributed by atoms with van der Waals surface area (Å²) in [6.07, 6.45) is 5.05. The number of ether oxygens (including phenoxy) is 1. The van der Waals surface area contributed by atoms with Gasteiger partial charge in [-0.1, -0.05) is 50.0 Å². The van der Waals surface area contributed by atoms with Gasteiger partial charge in [0.25, 0.3) is 0 Å². The van der Waals surface area contributed by atoms with Gasteiger partial charge in [-0.25, -0.2) is 14.2 Å². The summed E-state index contributed by atoms with van der Waals surface area (Å²) in [5, 5.41) is 12.7. The van der Waals surface area contributed by atoms with Crippen LogP contribution < -0.4 is 5.32 Å². The molecule has 6 rings (SSSR count). The minimum absolute atomic E-state index is 0.0702. The fraction of sp³-hybridized carbons (Fsp3) is 0.576. The second kappa shape index (κ2) is 10.5. The van der Waals surface area contributed by atoms with E-state index in [-0.39, 0.29) is 40.8 Å². The van der Waals surface area contributed by atoms with Crippen molar-refractivity contribution in [1.29, 1.82) is 0 Å². The molecular weight excluding hydrogens is 594 g/mol. The molecule has 2 aliphatic carbocycles. The van der Waals surface area contributed by atoms with Crippen molar-refractivity contribution in [1.82, 2.24) is 4.98 Å². The Morgan fingerprint density at radius 1 is 1.12 bits per heavy atom. The maximum atomic E-state index is 16.1. The van der Waals surface area contributed by atoms with E-state index in [4.69, 9.17) is 27.9 Å². The average Bonchev–Trinajstić information content (AvgIpc) is 3.40. The molecule has 2 N–H and O–H groups in total. The van der Waals surface area contributed by atoms with Crippen LogP contribution in [0.15, 0.2) is 30.5 Å². The second-order valence-electron chi connectivity index (χ2n) is 14.3. The molecule has 1 aromatic carbocycles. The zero-order valence-electron chi connectivity index (χ0n) is 24.6. The highest BCUT2D eigenvalue weighted by molar-refractivity contribution is 6.31. The van der Waals surface area contributed by atoms with E-state index in [1.807, 2.05) is 13.0 Å². The van der Waals surface area contributed by atoms with E-state index in [1.54, 1.807) is 18.2 Å². The Bertz CT molecular complexity index is 1490. The van der Waals surface area contributed by atoms with Gasteiger partial charge in [-0.2, -0.15) is 0 Å². The number of carbonyl (C=O) groups excluding carboxylic acids is 2. The van der Waals surface area contributed by atoms with Crippen molar-refractivity contribution in [2.75, 3.05) is 11.9 Å². The molecule has 0 radical (unpaired) electrons. The van der Waals surface area contributed by atoms with E-state index in [0.717, 1.165) is 18.4 Å². The van der Waals surface area contributed by atoms with Gasteiger partial charge in [-0.15, -0.1) is 0 Å². The molecule has 1 saturated heterocycles. The average molecular weight is 632 g/mol. The zero-order valence-corrected chi connectivity index (χ0v) is 26.2. The number of nitrogens with one attached hydrogen (secondary N) is 1. The Labute approximate surface area is 260 Å². The van der Waals surface area contributed by atoms with Crippen molar-refractivity contribution in [3.05, 3.63) is 57.6 Å². The Morgan fingerprint density at radius 2 is 1.84 bits per heavy atom. The van der Waals surface area contributed by atoms with E-state index < -0.39 is 46.0 Å². The first-order valence-electron chi connectivity index (χ1n) is 15.0. The van der Waals surface area contributed by atoms with E-state index in [2.05, 4.69) is 24.1 Å². The van der Waals surface area contributed by atoms with Gasteiger partial charge in [0.1, 0.15) is 5.78 Å². The number of hydrogen-bond acceptors (Lipinski definition) is 5. The van der Waals surface area contributed by atoms with Crippen molar-refractivity contribution in [2.24, 2.45) is 22.2 Å². The van der Waals surface area contributed by atoms with Crippen LogP contribution in [0.1, 0.15) is 89.2 Å². The first-order chi connectivity index (χ1) is 20.2.